The highest BCUT2D eigenvalue weighted by molar-refractivity contribution is 6.34. The second-order valence-electron chi connectivity index (χ2n) is 4.70. The number of hydrogen-bond donors (Lipinski definition) is 1. The number of ketones is 1. The van der Waals surface area contributed by atoms with Crippen molar-refractivity contribution in [3.8, 4) is 0 Å². The summed E-state index contributed by atoms with van der Waals surface area (Å²) in [6, 6.07) is 12.9. The quantitative estimate of drug-likeness (QED) is 0.577. The molecule has 3 nitrogen and oxygen atoms in total. The Labute approximate surface area is 121 Å². The van der Waals surface area contributed by atoms with E-state index >= 15 is 0 Å². The molecule has 1 heterocycles. The van der Waals surface area contributed by atoms with Gasteiger partial charge in [0.1, 0.15) is 0 Å². The Morgan fingerprint density at radius 3 is 2.65 bits per heavy atom. The molecule has 0 amide bonds. The van der Waals surface area contributed by atoms with E-state index in [1.807, 2.05) is 42.1 Å². The third kappa shape index (κ3) is 1.87. The van der Waals surface area contributed by atoms with Crippen LogP contribution in [0.1, 0.15) is 15.9 Å². The van der Waals surface area contributed by atoms with E-state index < -0.39 is 0 Å². The van der Waals surface area contributed by atoms with Crippen LogP contribution in [0.25, 0.3) is 10.9 Å². The molecule has 2 N–H and O–H groups in total. The molecule has 0 radical (unpaired) electrons. The number of halogens is 1. The monoisotopic (exact) mass is 284 g/mol. The summed E-state index contributed by atoms with van der Waals surface area (Å²) in [4.78, 5) is 12.7. The molecule has 0 spiro atoms. The minimum atomic E-state index is -0.109. The Morgan fingerprint density at radius 2 is 1.85 bits per heavy atom. The molecule has 4 heteroatoms. The van der Waals surface area contributed by atoms with E-state index in [0.29, 0.717) is 21.8 Å². The van der Waals surface area contributed by atoms with Crippen LogP contribution in [0.5, 0.6) is 0 Å². The molecule has 1 aromatic heterocycles. The van der Waals surface area contributed by atoms with Crippen LogP contribution in [0, 0.1) is 0 Å². The Balaban J connectivity index is 2.21. The maximum atomic E-state index is 12.7. The van der Waals surface area contributed by atoms with E-state index in [1.54, 1.807) is 18.2 Å². The fourth-order valence-electron chi connectivity index (χ4n) is 2.40. The highest BCUT2D eigenvalue weighted by Crippen LogP contribution is 2.28. The van der Waals surface area contributed by atoms with Gasteiger partial charge in [0.2, 0.25) is 0 Å². The molecule has 3 aromatic rings. The van der Waals surface area contributed by atoms with Gasteiger partial charge in [-0.1, -0.05) is 35.9 Å². The van der Waals surface area contributed by atoms with Gasteiger partial charge in [-0.3, -0.25) is 4.79 Å². The summed E-state index contributed by atoms with van der Waals surface area (Å²) in [7, 11) is 1.92. The first-order chi connectivity index (χ1) is 9.59. The molecular weight excluding hydrogens is 272 g/mol. The lowest BCUT2D eigenvalue weighted by Gasteiger charge is -2.05. The summed E-state index contributed by atoms with van der Waals surface area (Å²) in [5.41, 5.74) is 8.32. The number of fused-ring (bicyclic) bond motifs is 1. The van der Waals surface area contributed by atoms with Gasteiger partial charge in [-0.15, -0.1) is 0 Å². The van der Waals surface area contributed by atoms with Crippen molar-refractivity contribution in [1.29, 1.82) is 0 Å². The van der Waals surface area contributed by atoms with Gasteiger partial charge < -0.3 is 10.3 Å². The van der Waals surface area contributed by atoms with Gasteiger partial charge in [-0.25, -0.2) is 0 Å². The average molecular weight is 285 g/mol. The standard InChI is InChI=1S/C16H13ClN2O/c1-19-9-12(10-5-2-3-8-14(10)19)16(20)11-6-4-7-13(17)15(11)18/h2-9H,18H2,1H3. The summed E-state index contributed by atoms with van der Waals surface area (Å²) < 4.78 is 1.93. The number of rotatable bonds is 2. The summed E-state index contributed by atoms with van der Waals surface area (Å²) in [5.74, 6) is -0.109. The number of hydrogen-bond acceptors (Lipinski definition) is 2. The summed E-state index contributed by atoms with van der Waals surface area (Å²) >= 11 is 5.99. The predicted octanol–water partition coefficient (Wildman–Crippen LogP) is 3.64. The number of nitrogens with zero attached hydrogens (tertiary/aromatic N) is 1. The molecule has 100 valence electrons. The number of benzene rings is 2. The van der Waals surface area contributed by atoms with E-state index in [9.17, 15) is 4.79 Å². The van der Waals surface area contributed by atoms with Crippen LogP contribution in [-0.2, 0) is 7.05 Å². The molecule has 0 aliphatic heterocycles. The van der Waals surface area contributed by atoms with Gasteiger partial charge in [0.15, 0.2) is 5.78 Å². The molecule has 0 fully saturated rings. The number of nitrogens with two attached hydrogens (primary N) is 1. The number of para-hydroxylation sites is 2. The number of carbonyl (C=O) groups is 1. The van der Waals surface area contributed by atoms with Gasteiger partial charge in [0.05, 0.1) is 10.7 Å². The minimum absolute atomic E-state index is 0.109. The lowest BCUT2D eigenvalue weighted by molar-refractivity contribution is 0.104. The van der Waals surface area contributed by atoms with E-state index in [-0.39, 0.29) is 5.78 Å². The molecule has 0 saturated carbocycles. The minimum Gasteiger partial charge on any atom is -0.397 e. The zero-order chi connectivity index (χ0) is 14.3. The topological polar surface area (TPSA) is 48.0 Å². The molecule has 0 bridgehead atoms. The zero-order valence-corrected chi connectivity index (χ0v) is 11.7. The molecule has 0 atom stereocenters. The van der Waals surface area contributed by atoms with Gasteiger partial charge in [-0.2, -0.15) is 0 Å². The number of aromatic nitrogens is 1. The molecule has 0 aliphatic carbocycles. The van der Waals surface area contributed by atoms with E-state index in [4.69, 9.17) is 17.3 Å². The first-order valence-electron chi connectivity index (χ1n) is 6.22. The zero-order valence-electron chi connectivity index (χ0n) is 10.9. The maximum Gasteiger partial charge on any atom is 0.197 e. The fourth-order valence-corrected chi connectivity index (χ4v) is 2.58. The second kappa shape index (κ2) is 4.69. The van der Waals surface area contributed by atoms with Crippen LogP contribution >= 0.6 is 11.6 Å². The van der Waals surface area contributed by atoms with E-state index in [2.05, 4.69) is 0 Å². The Kier molecular flexibility index (Phi) is 2.99. The highest BCUT2D eigenvalue weighted by atomic mass is 35.5. The Bertz CT molecular complexity index is 820. The second-order valence-corrected chi connectivity index (χ2v) is 5.11. The van der Waals surface area contributed by atoms with Crippen molar-refractivity contribution < 1.29 is 4.79 Å². The summed E-state index contributed by atoms with van der Waals surface area (Å²) in [6.45, 7) is 0. The highest BCUT2D eigenvalue weighted by Gasteiger charge is 2.18. The van der Waals surface area contributed by atoms with Crippen LogP contribution in [0.2, 0.25) is 5.02 Å². The smallest absolute Gasteiger partial charge is 0.197 e. The SMILES string of the molecule is Cn1cc(C(=O)c2cccc(Cl)c2N)c2ccccc21. The van der Waals surface area contributed by atoms with Crippen LogP contribution in [-0.4, -0.2) is 10.4 Å². The van der Waals surface area contributed by atoms with Crippen molar-refractivity contribution in [3.05, 3.63) is 64.8 Å². The molecular formula is C16H13ClN2O. The van der Waals surface area contributed by atoms with E-state index in [1.165, 1.54) is 0 Å². The number of aryl methyl sites for hydroxylation is 1. The third-order valence-electron chi connectivity index (χ3n) is 3.44. The van der Waals surface area contributed by atoms with E-state index in [0.717, 1.165) is 10.9 Å². The van der Waals surface area contributed by atoms with Gasteiger partial charge in [0.25, 0.3) is 0 Å². The van der Waals surface area contributed by atoms with Crippen molar-refractivity contribution in [2.45, 2.75) is 0 Å². The number of carbonyl (C=O) groups excluding carboxylic acids is 1. The normalized spacial score (nSPS) is 10.9. The summed E-state index contributed by atoms with van der Waals surface area (Å²) in [5, 5.41) is 1.32. The molecule has 0 aliphatic rings. The van der Waals surface area contributed by atoms with Crippen LogP contribution in [0.4, 0.5) is 5.69 Å². The number of nitrogen functional groups attached to an aromatic ring is 1. The Hall–Kier alpha value is -2.26. The molecule has 0 unspecified atom stereocenters. The Morgan fingerprint density at radius 1 is 1.10 bits per heavy atom. The lowest BCUT2D eigenvalue weighted by atomic mass is 10.0. The molecule has 2 aromatic carbocycles. The van der Waals surface area contributed by atoms with Gasteiger partial charge in [-0.05, 0) is 18.2 Å². The lowest BCUT2D eigenvalue weighted by Crippen LogP contribution is -2.05. The average Bonchev–Trinajstić information content (AvgIpc) is 2.79. The van der Waals surface area contributed by atoms with Crippen molar-refractivity contribution in [2.75, 3.05) is 5.73 Å². The van der Waals surface area contributed by atoms with Crippen LogP contribution in [0.15, 0.2) is 48.7 Å². The molecule has 3 rings (SSSR count). The number of anilines is 1. The van der Waals surface area contributed by atoms with Crippen LogP contribution < -0.4 is 5.73 Å². The van der Waals surface area contributed by atoms with Crippen molar-refractivity contribution in [1.82, 2.24) is 4.57 Å². The van der Waals surface area contributed by atoms with Crippen LogP contribution in [0.3, 0.4) is 0 Å². The van der Waals surface area contributed by atoms with Gasteiger partial charge >= 0.3 is 0 Å². The first-order valence-corrected chi connectivity index (χ1v) is 6.60. The largest absolute Gasteiger partial charge is 0.397 e. The predicted molar refractivity (Wildman–Crippen MR) is 82.2 cm³/mol. The maximum absolute atomic E-state index is 12.7. The first kappa shape index (κ1) is 12.8. The van der Waals surface area contributed by atoms with Gasteiger partial charge in [0, 0.05) is 35.3 Å². The van der Waals surface area contributed by atoms with Crippen molar-refractivity contribution >= 4 is 34.0 Å². The molecule has 20 heavy (non-hydrogen) atoms. The fraction of sp³-hybridized carbons (Fsp3) is 0.0625. The molecule has 0 saturated heterocycles. The third-order valence-corrected chi connectivity index (χ3v) is 3.77. The summed E-state index contributed by atoms with van der Waals surface area (Å²) in [6.07, 6.45) is 1.83. The van der Waals surface area contributed by atoms with Crippen molar-refractivity contribution in [2.24, 2.45) is 7.05 Å². The van der Waals surface area contributed by atoms with Crippen molar-refractivity contribution in [3.63, 3.8) is 0 Å².